The van der Waals surface area contributed by atoms with Crippen LogP contribution >= 0.6 is 0 Å². The maximum Gasteiger partial charge on any atom is 0.220 e. The fourth-order valence-electron chi connectivity index (χ4n) is 2.05. The summed E-state index contributed by atoms with van der Waals surface area (Å²) in [6.45, 7) is 2.16. The molecule has 3 heteroatoms. The zero-order chi connectivity index (χ0) is 10.8. The molecule has 1 atom stereocenters. The predicted octanol–water partition coefficient (Wildman–Crippen LogP) is 1.66. The van der Waals surface area contributed by atoms with E-state index in [0.29, 0.717) is 6.54 Å². The van der Waals surface area contributed by atoms with Gasteiger partial charge in [0.1, 0.15) is 6.04 Å². The number of amides is 1. The molecule has 0 fully saturated rings. The van der Waals surface area contributed by atoms with Crippen molar-refractivity contribution in [3.8, 4) is 6.07 Å². The number of nitriles is 1. The summed E-state index contributed by atoms with van der Waals surface area (Å²) in [5, 5.41) is 9.11. The lowest BCUT2D eigenvalue weighted by atomic mass is 9.93. The molecule has 1 aliphatic rings. The zero-order valence-corrected chi connectivity index (χ0v) is 8.60. The summed E-state index contributed by atoms with van der Waals surface area (Å²) < 4.78 is 0. The quantitative estimate of drug-likeness (QED) is 0.639. The number of hydrogen-bond donors (Lipinski definition) is 0. The van der Waals surface area contributed by atoms with Crippen molar-refractivity contribution in [2.45, 2.75) is 19.4 Å². The van der Waals surface area contributed by atoms with Gasteiger partial charge >= 0.3 is 0 Å². The average molecular weight is 200 g/mol. The molecular weight excluding hydrogens is 188 g/mol. The fraction of sp³-hybridized carbons (Fsp3) is 0.333. The largest absolute Gasteiger partial charge is 0.323 e. The second-order valence-corrected chi connectivity index (χ2v) is 3.69. The third kappa shape index (κ3) is 1.59. The highest BCUT2D eigenvalue weighted by molar-refractivity contribution is 5.74. The van der Waals surface area contributed by atoms with Gasteiger partial charge in [-0.3, -0.25) is 4.79 Å². The van der Waals surface area contributed by atoms with E-state index in [1.54, 1.807) is 4.90 Å². The molecule has 1 aromatic rings. The van der Waals surface area contributed by atoms with Crippen LogP contribution in [0.3, 0.4) is 0 Å². The Morgan fingerprint density at radius 2 is 2.27 bits per heavy atom. The molecule has 0 aliphatic carbocycles. The molecule has 2 rings (SSSR count). The van der Waals surface area contributed by atoms with E-state index in [1.807, 2.05) is 24.3 Å². The molecule has 0 aromatic heterocycles. The first-order valence-corrected chi connectivity index (χ1v) is 4.98. The molecule has 0 N–H and O–H groups in total. The number of carbonyl (C=O) groups is 1. The third-order valence-corrected chi connectivity index (χ3v) is 2.81. The molecule has 0 saturated carbocycles. The van der Waals surface area contributed by atoms with Crippen LogP contribution in [0, 0.1) is 11.3 Å². The van der Waals surface area contributed by atoms with Crippen LogP contribution in [0.5, 0.6) is 0 Å². The number of carbonyl (C=O) groups excluding carboxylic acids is 1. The number of rotatable bonds is 0. The molecule has 1 heterocycles. The van der Waals surface area contributed by atoms with Crippen LogP contribution in [0.1, 0.15) is 24.1 Å². The lowest BCUT2D eigenvalue weighted by Crippen LogP contribution is -2.38. The zero-order valence-electron chi connectivity index (χ0n) is 8.60. The SMILES string of the molecule is CC(=O)N1CCc2ccccc2C1C#N. The van der Waals surface area contributed by atoms with Gasteiger partial charge in [0.15, 0.2) is 0 Å². The summed E-state index contributed by atoms with van der Waals surface area (Å²) in [6, 6.07) is 9.62. The molecule has 0 radical (unpaired) electrons. The minimum atomic E-state index is -0.410. The van der Waals surface area contributed by atoms with Gasteiger partial charge in [-0.2, -0.15) is 5.26 Å². The van der Waals surface area contributed by atoms with Crippen molar-refractivity contribution in [2.75, 3.05) is 6.54 Å². The molecule has 1 amide bonds. The Bertz CT molecular complexity index is 433. The summed E-state index contributed by atoms with van der Waals surface area (Å²) in [6.07, 6.45) is 0.841. The van der Waals surface area contributed by atoms with Crippen LogP contribution in [-0.4, -0.2) is 17.4 Å². The van der Waals surface area contributed by atoms with E-state index in [-0.39, 0.29) is 5.91 Å². The van der Waals surface area contributed by atoms with E-state index < -0.39 is 6.04 Å². The van der Waals surface area contributed by atoms with E-state index in [4.69, 9.17) is 5.26 Å². The monoisotopic (exact) mass is 200 g/mol. The van der Waals surface area contributed by atoms with Gasteiger partial charge in [0.25, 0.3) is 0 Å². The fourth-order valence-corrected chi connectivity index (χ4v) is 2.05. The molecule has 0 spiro atoms. The molecule has 1 aromatic carbocycles. The molecule has 0 bridgehead atoms. The number of fused-ring (bicyclic) bond motifs is 1. The molecule has 15 heavy (non-hydrogen) atoms. The van der Waals surface area contributed by atoms with Crippen molar-refractivity contribution >= 4 is 5.91 Å². The Balaban J connectivity index is 2.44. The first kappa shape index (κ1) is 9.72. The highest BCUT2D eigenvalue weighted by atomic mass is 16.2. The standard InChI is InChI=1S/C12H12N2O/c1-9(15)14-7-6-10-4-2-3-5-11(10)12(14)8-13/h2-5,12H,6-7H2,1H3. The Kier molecular flexibility index (Phi) is 2.42. The lowest BCUT2D eigenvalue weighted by Gasteiger charge is -2.32. The van der Waals surface area contributed by atoms with Crippen molar-refractivity contribution < 1.29 is 4.79 Å². The van der Waals surface area contributed by atoms with Crippen molar-refractivity contribution in [3.05, 3.63) is 35.4 Å². The minimum Gasteiger partial charge on any atom is -0.323 e. The van der Waals surface area contributed by atoms with Crippen molar-refractivity contribution in [2.24, 2.45) is 0 Å². The Hall–Kier alpha value is -1.82. The van der Waals surface area contributed by atoms with Gasteiger partial charge in [0, 0.05) is 13.5 Å². The van der Waals surface area contributed by atoms with Gasteiger partial charge in [-0.05, 0) is 17.5 Å². The topological polar surface area (TPSA) is 44.1 Å². The number of benzene rings is 1. The van der Waals surface area contributed by atoms with Gasteiger partial charge < -0.3 is 4.90 Å². The van der Waals surface area contributed by atoms with Gasteiger partial charge in [0.2, 0.25) is 5.91 Å². The van der Waals surface area contributed by atoms with E-state index in [9.17, 15) is 4.79 Å². The first-order valence-electron chi connectivity index (χ1n) is 4.98. The van der Waals surface area contributed by atoms with Crippen LogP contribution in [-0.2, 0) is 11.2 Å². The van der Waals surface area contributed by atoms with Gasteiger partial charge in [-0.15, -0.1) is 0 Å². The smallest absolute Gasteiger partial charge is 0.220 e. The Morgan fingerprint density at radius 1 is 1.53 bits per heavy atom. The molecule has 0 saturated heterocycles. The maximum atomic E-state index is 11.4. The predicted molar refractivity (Wildman–Crippen MR) is 55.9 cm³/mol. The normalized spacial score (nSPS) is 19.2. The molecule has 3 nitrogen and oxygen atoms in total. The van der Waals surface area contributed by atoms with Crippen molar-refractivity contribution in [1.82, 2.24) is 4.90 Å². The lowest BCUT2D eigenvalue weighted by molar-refractivity contribution is -0.130. The summed E-state index contributed by atoms with van der Waals surface area (Å²) in [5.41, 5.74) is 2.16. The Morgan fingerprint density at radius 3 is 2.93 bits per heavy atom. The molecule has 76 valence electrons. The van der Waals surface area contributed by atoms with Gasteiger partial charge in [-0.25, -0.2) is 0 Å². The maximum absolute atomic E-state index is 11.4. The summed E-state index contributed by atoms with van der Waals surface area (Å²) >= 11 is 0. The van der Waals surface area contributed by atoms with E-state index in [2.05, 4.69) is 6.07 Å². The number of nitrogens with zero attached hydrogens (tertiary/aromatic N) is 2. The highest BCUT2D eigenvalue weighted by Crippen LogP contribution is 2.28. The Labute approximate surface area is 88.9 Å². The van der Waals surface area contributed by atoms with Crippen LogP contribution in [0.25, 0.3) is 0 Å². The third-order valence-electron chi connectivity index (χ3n) is 2.81. The van der Waals surface area contributed by atoms with Crippen LogP contribution in [0.15, 0.2) is 24.3 Å². The molecule has 1 unspecified atom stereocenters. The minimum absolute atomic E-state index is 0.0314. The molecule has 1 aliphatic heterocycles. The van der Waals surface area contributed by atoms with E-state index >= 15 is 0 Å². The highest BCUT2D eigenvalue weighted by Gasteiger charge is 2.28. The summed E-state index contributed by atoms with van der Waals surface area (Å²) in [4.78, 5) is 13.0. The van der Waals surface area contributed by atoms with Crippen molar-refractivity contribution in [3.63, 3.8) is 0 Å². The van der Waals surface area contributed by atoms with Crippen LogP contribution in [0.4, 0.5) is 0 Å². The van der Waals surface area contributed by atoms with Crippen LogP contribution in [0.2, 0.25) is 0 Å². The van der Waals surface area contributed by atoms with Gasteiger partial charge in [0.05, 0.1) is 6.07 Å². The number of hydrogen-bond acceptors (Lipinski definition) is 2. The first-order chi connectivity index (χ1) is 7.24. The van der Waals surface area contributed by atoms with E-state index in [0.717, 1.165) is 12.0 Å². The second-order valence-electron chi connectivity index (χ2n) is 3.69. The average Bonchev–Trinajstić information content (AvgIpc) is 2.27. The van der Waals surface area contributed by atoms with E-state index in [1.165, 1.54) is 12.5 Å². The van der Waals surface area contributed by atoms with Gasteiger partial charge in [-0.1, -0.05) is 24.3 Å². The molecular formula is C12H12N2O. The summed E-state index contributed by atoms with van der Waals surface area (Å²) in [5.74, 6) is -0.0314. The van der Waals surface area contributed by atoms with Crippen molar-refractivity contribution in [1.29, 1.82) is 5.26 Å². The summed E-state index contributed by atoms with van der Waals surface area (Å²) in [7, 11) is 0. The second kappa shape index (κ2) is 3.74. The van der Waals surface area contributed by atoms with Crippen LogP contribution < -0.4 is 0 Å².